The van der Waals surface area contributed by atoms with Gasteiger partial charge in [-0.1, -0.05) is 30.3 Å². The van der Waals surface area contributed by atoms with E-state index in [1.54, 1.807) is 62.8 Å². The highest BCUT2D eigenvalue weighted by molar-refractivity contribution is 5.92. The highest BCUT2D eigenvalue weighted by Gasteiger charge is 2.09. The molecule has 0 spiro atoms. The minimum Gasteiger partial charge on any atom is -0.496 e. The van der Waals surface area contributed by atoms with Crippen LogP contribution in [-0.4, -0.2) is 26.8 Å². The smallest absolute Gasteiger partial charge is 0.336 e. The first-order valence-electron chi connectivity index (χ1n) is 10.6. The normalized spacial score (nSPS) is 11.1. The topological polar surface area (TPSA) is 77.8 Å². The van der Waals surface area contributed by atoms with Crippen LogP contribution in [0.5, 0.6) is 23.0 Å². The first-order valence-corrected chi connectivity index (χ1v) is 10.6. The van der Waals surface area contributed by atoms with Gasteiger partial charge in [0, 0.05) is 11.6 Å². The first kappa shape index (κ1) is 24.1. The van der Waals surface area contributed by atoms with E-state index >= 15 is 0 Å². The molecule has 0 saturated carbocycles. The monoisotopic (exact) mass is 455 g/mol. The fourth-order valence-electron chi connectivity index (χ4n) is 3.25. The van der Waals surface area contributed by atoms with E-state index < -0.39 is 5.97 Å². The second kappa shape index (κ2) is 11.9. The van der Waals surface area contributed by atoms with Gasteiger partial charge in [0.15, 0.2) is 11.5 Å². The Hall–Kier alpha value is -4.50. The number of para-hydroxylation sites is 1. The number of nitriles is 1. The lowest BCUT2D eigenvalue weighted by Gasteiger charge is -2.09. The predicted molar refractivity (Wildman–Crippen MR) is 132 cm³/mol. The van der Waals surface area contributed by atoms with E-state index in [1.807, 2.05) is 37.3 Å². The number of ether oxygens (including phenoxy) is 4. The zero-order valence-corrected chi connectivity index (χ0v) is 19.3. The molecule has 0 N–H and O–H groups in total. The van der Waals surface area contributed by atoms with Crippen LogP contribution in [0, 0.1) is 11.3 Å². The molecule has 6 heteroatoms. The molecule has 0 atom stereocenters. The lowest BCUT2D eigenvalue weighted by Crippen LogP contribution is -2.03. The van der Waals surface area contributed by atoms with Gasteiger partial charge in [-0.2, -0.15) is 5.26 Å². The molecular weight excluding hydrogens is 430 g/mol. The van der Waals surface area contributed by atoms with Crippen molar-refractivity contribution < 1.29 is 23.7 Å². The molecule has 0 bridgehead atoms. The molecule has 0 aliphatic rings. The molecule has 0 heterocycles. The Morgan fingerprint density at radius 3 is 2.44 bits per heavy atom. The highest BCUT2D eigenvalue weighted by Crippen LogP contribution is 2.29. The maximum absolute atomic E-state index is 12.4. The van der Waals surface area contributed by atoms with Crippen molar-refractivity contribution in [1.29, 1.82) is 5.26 Å². The number of allylic oxidation sites excluding steroid dienone is 1. The Bertz CT molecular complexity index is 1250. The molecule has 3 aromatic rings. The molecule has 6 nitrogen and oxygen atoms in total. The summed E-state index contributed by atoms with van der Waals surface area (Å²) in [5, 5.41) is 9.65. The van der Waals surface area contributed by atoms with Crippen molar-refractivity contribution in [2.45, 2.75) is 6.92 Å². The summed E-state index contributed by atoms with van der Waals surface area (Å²) in [5.41, 5.74) is 2.60. The molecule has 34 heavy (non-hydrogen) atoms. The molecule has 0 unspecified atom stereocenters. The summed E-state index contributed by atoms with van der Waals surface area (Å²) in [6, 6.07) is 21.8. The zero-order valence-electron chi connectivity index (χ0n) is 19.3. The van der Waals surface area contributed by atoms with E-state index in [2.05, 4.69) is 6.07 Å². The molecule has 0 saturated heterocycles. The Morgan fingerprint density at radius 2 is 1.71 bits per heavy atom. The summed E-state index contributed by atoms with van der Waals surface area (Å²) in [6.45, 7) is 2.43. The SMILES string of the molecule is CCOc1ccc(/C=C/C(=O)Oc2cccc(/C=C(/C#N)c3ccccc3OC)c2)cc1OC. The third-order valence-corrected chi connectivity index (χ3v) is 4.80. The second-order valence-corrected chi connectivity index (χ2v) is 7.04. The average molecular weight is 456 g/mol. The fraction of sp³-hybridized carbons (Fsp3) is 0.143. The molecule has 3 rings (SSSR count). The van der Waals surface area contributed by atoms with E-state index in [0.717, 1.165) is 5.56 Å². The molecule has 0 aliphatic heterocycles. The molecule has 172 valence electrons. The van der Waals surface area contributed by atoms with Crippen LogP contribution in [-0.2, 0) is 4.79 Å². The third kappa shape index (κ3) is 6.27. The van der Waals surface area contributed by atoms with Gasteiger partial charge in [-0.3, -0.25) is 0 Å². The predicted octanol–water partition coefficient (Wildman–Crippen LogP) is 5.79. The first-order chi connectivity index (χ1) is 16.6. The number of hydrogen-bond acceptors (Lipinski definition) is 6. The fourth-order valence-corrected chi connectivity index (χ4v) is 3.25. The maximum Gasteiger partial charge on any atom is 0.336 e. The summed E-state index contributed by atoms with van der Waals surface area (Å²) in [6.07, 6.45) is 4.70. The van der Waals surface area contributed by atoms with E-state index in [-0.39, 0.29) is 0 Å². The Kier molecular flexibility index (Phi) is 8.48. The van der Waals surface area contributed by atoms with E-state index in [4.69, 9.17) is 18.9 Å². The number of methoxy groups -OCH3 is 2. The van der Waals surface area contributed by atoms with Gasteiger partial charge in [0.2, 0.25) is 0 Å². The van der Waals surface area contributed by atoms with Gasteiger partial charge in [-0.15, -0.1) is 0 Å². The Morgan fingerprint density at radius 1 is 0.912 bits per heavy atom. The largest absolute Gasteiger partial charge is 0.496 e. The standard InChI is InChI=1S/C28H25NO5/c1-4-33-26-14-12-20(18-27(26)32-3)13-15-28(30)34-23-9-7-8-21(17-23)16-22(19-29)24-10-5-6-11-25(24)31-2/h5-18H,4H2,1-3H3/b15-13+,22-16-. The van der Waals surface area contributed by atoms with E-state index in [9.17, 15) is 10.1 Å². The van der Waals surface area contributed by atoms with Crippen molar-refractivity contribution in [3.8, 4) is 29.1 Å². The molecule has 0 fully saturated rings. The van der Waals surface area contributed by atoms with Crippen LogP contribution in [0.25, 0.3) is 17.7 Å². The van der Waals surface area contributed by atoms with Gasteiger partial charge >= 0.3 is 5.97 Å². The minimum atomic E-state index is -0.529. The Balaban J connectivity index is 1.74. The number of rotatable bonds is 9. The van der Waals surface area contributed by atoms with Gasteiger partial charge in [-0.25, -0.2) is 4.79 Å². The van der Waals surface area contributed by atoms with Crippen LogP contribution < -0.4 is 18.9 Å². The lowest BCUT2D eigenvalue weighted by molar-refractivity contribution is -0.128. The second-order valence-electron chi connectivity index (χ2n) is 7.04. The summed E-state index contributed by atoms with van der Waals surface area (Å²) in [4.78, 5) is 12.4. The number of nitrogens with zero attached hydrogens (tertiary/aromatic N) is 1. The van der Waals surface area contributed by atoms with E-state index in [0.29, 0.717) is 46.3 Å². The van der Waals surface area contributed by atoms with Crippen molar-refractivity contribution >= 4 is 23.7 Å². The minimum absolute atomic E-state index is 0.366. The maximum atomic E-state index is 12.4. The summed E-state index contributed by atoms with van der Waals surface area (Å²) in [5.74, 6) is 1.66. The van der Waals surface area contributed by atoms with Crippen LogP contribution in [0.4, 0.5) is 0 Å². The van der Waals surface area contributed by atoms with E-state index in [1.165, 1.54) is 6.08 Å². The van der Waals surface area contributed by atoms with Crippen LogP contribution >= 0.6 is 0 Å². The number of carbonyl (C=O) groups excluding carboxylic acids is 1. The van der Waals surface area contributed by atoms with Crippen molar-refractivity contribution in [1.82, 2.24) is 0 Å². The van der Waals surface area contributed by atoms with Crippen molar-refractivity contribution in [3.05, 3.63) is 89.5 Å². The summed E-state index contributed by atoms with van der Waals surface area (Å²) in [7, 11) is 3.12. The molecule has 0 aliphatic carbocycles. The van der Waals surface area contributed by atoms with Crippen molar-refractivity contribution in [2.75, 3.05) is 20.8 Å². The molecule has 0 radical (unpaired) electrons. The van der Waals surface area contributed by atoms with Crippen LogP contribution in [0.15, 0.2) is 72.8 Å². The summed E-state index contributed by atoms with van der Waals surface area (Å²) >= 11 is 0. The number of hydrogen-bond donors (Lipinski definition) is 0. The van der Waals surface area contributed by atoms with Crippen LogP contribution in [0.3, 0.4) is 0 Å². The zero-order chi connectivity index (χ0) is 24.3. The van der Waals surface area contributed by atoms with Crippen molar-refractivity contribution in [2.24, 2.45) is 0 Å². The van der Waals surface area contributed by atoms with Gasteiger partial charge in [0.1, 0.15) is 11.5 Å². The van der Waals surface area contributed by atoms with Gasteiger partial charge in [-0.05, 0) is 66.6 Å². The lowest BCUT2D eigenvalue weighted by atomic mass is 10.0. The van der Waals surface area contributed by atoms with Gasteiger partial charge in [0.25, 0.3) is 0 Å². The molecule has 0 amide bonds. The Labute approximate surface area is 199 Å². The van der Waals surface area contributed by atoms with Crippen molar-refractivity contribution in [3.63, 3.8) is 0 Å². The van der Waals surface area contributed by atoms with Crippen LogP contribution in [0.2, 0.25) is 0 Å². The van der Waals surface area contributed by atoms with Gasteiger partial charge in [0.05, 0.1) is 32.5 Å². The molecule has 0 aromatic heterocycles. The molecule has 3 aromatic carbocycles. The highest BCUT2D eigenvalue weighted by atomic mass is 16.5. The number of esters is 1. The molecular formula is C28H25NO5. The quantitative estimate of drug-likeness (QED) is 0.134. The number of carbonyl (C=O) groups is 1. The third-order valence-electron chi connectivity index (χ3n) is 4.80. The summed E-state index contributed by atoms with van der Waals surface area (Å²) < 4.78 is 21.6. The number of benzene rings is 3. The average Bonchev–Trinajstić information content (AvgIpc) is 2.87. The van der Waals surface area contributed by atoms with Crippen LogP contribution in [0.1, 0.15) is 23.6 Å². The van der Waals surface area contributed by atoms with Gasteiger partial charge < -0.3 is 18.9 Å².